The Morgan fingerprint density at radius 2 is 1.97 bits per heavy atom. The highest BCUT2D eigenvalue weighted by Gasteiger charge is 2.32. The van der Waals surface area contributed by atoms with E-state index in [9.17, 15) is 19.5 Å². The smallest absolute Gasteiger partial charge is 0.309 e. The molecule has 4 rings (SSSR count). The lowest BCUT2D eigenvalue weighted by atomic mass is 9.96. The van der Waals surface area contributed by atoms with Gasteiger partial charge < -0.3 is 24.9 Å². The molecule has 2 heterocycles. The van der Waals surface area contributed by atoms with E-state index in [1.807, 2.05) is 0 Å². The minimum atomic E-state index is -1.07. The first-order chi connectivity index (χ1) is 15.3. The van der Waals surface area contributed by atoms with Crippen LogP contribution in [-0.4, -0.2) is 53.8 Å². The maximum absolute atomic E-state index is 12.9. The van der Waals surface area contributed by atoms with Gasteiger partial charge in [-0.2, -0.15) is 0 Å². The number of amides is 1. The van der Waals surface area contributed by atoms with Gasteiger partial charge in [0.05, 0.1) is 49.7 Å². The van der Waals surface area contributed by atoms with Crippen molar-refractivity contribution in [1.82, 2.24) is 4.57 Å². The lowest BCUT2D eigenvalue weighted by Gasteiger charge is -2.18. The summed E-state index contributed by atoms with van der Waals surface area (Å²) in [5, 5.41) is 9.82. The number of benzene rings is 2. The number of aliphatic imine (C=N–C) groups is 1. The Bertz CT molecular complexity index is 1300. The fourth-order valence-electron chi connectivity index (χ4n) is 4.12. The fourth-order valence-corrected chi connectivity index (χ4v) is 4.12. The Labute approximate surface area is 183 Å². The number of methoxy groups -OCH3 is 2. The number of hydrogen-bond donors (Lipinski definition) is 2. The Kier molecular flexibility index (Phi) is 5.40. The minimum absolute atomic E-state index is 0.190. The number of aromatic nitrogens is 1. The van der Waals surface area contributed by atoms with E-state index in [2.05, 4.69) is 4.99 Å². The van der Waals surface area contributed by atoms with Gasteiger partial charge in [0.25, 0.3) is 0 Å². The van der Waals surface area contributed by atoms with Crippen molar-refractivity contribution in [3.63, 3.8) is 0 Å². The molecule has 0 unspecified atom stereocenters. The molecule has 164 valence electrons. The zero-order valence-electron chi connectivity index (χ0n) is 17.5. The Hall–Kier alpha value is -4.14. The minimum Gasteiger partial charge on any atom is -0.497 e. The molecule has 0 aliphatic carbocycles. The first-order valence-corrected chi connectivity index (χ1v) is 9.80. The van der Waals surface area contributed by atoms with Crippen molar-refractivity contribution in [2.24, 2.45) is 10.7 Å². The number of fused-ring (bicyclic) bond motifs is 3. The molecule has 0 saturated heterocycles. The zero-order chi connectivity index (χ0) is 23.0. The average Bonchev–Trinajstić information content (AvgIpc) is 3.10. The quantitative estimate of drug-likeness (QED) is 0.585. The van der Waals surface area contributed by atoms with Gasteiger partial charge in [0, 0.05) is 16.5 Å². The molecule has 9 heteroatoms. The largest absolute Gasteiger partial charge is 0.497 e. The van der Waals surface area contributed by atoms with Crippen LogP contribution in [0.5, 0.6) is 11.5 Å². The Balaban J connectivity index is 2.04. The second-order valence-corrected chi connectivity index (χ2v) is 7.31. The predicted molar refractivity (Wildman–Crippen MR) is 117 cm³/mol. The molecule has 0 radical (unpaired) electrons. The number of primary amides is 1. The van der Waals surface area contributed by atoms with Crippen molar-refractivity contribution in [1.29, 1.82) is 0 Å². The second-order valence-electron chi connectivity index (χ2n) is 7.31. The third-order valence-corrected chi connectivity index (χ3v) is 5.46. The molecule has 0 bridgehead atoms. The number of ketones is 1. The number of aliphatic carboxylic acids is 1. The van der Waals surface area contributed by atoms with Crippen molar-refractivity contribution >= 4 is 34.3 Å². The molecular formula is C23H21N3O6. The summed E-state index contributed by atoms with van der Waals surface area (Å²) in [6.07, 6.45) is -0.363. The number of nitrogens with zero attached hydrogens (tertiary/aromatic N) is 2. The van der Waals surface area contributed by atoms with Gasteiger partial charge in [-0.3, -0.25) is 19.4 Å². The van der Waals surface area contributed by atoms with Crippen LogP contribution < -0.4 is 15.2 Å². The van der Waals surface area contributed by atoms with Crippen LogP contribution in [0.4, 0.5) is 0 Å². The van der Waals surface area contributed by atoms with E-state index in [0.29, 0.717) is 28.1 Å². The molecule has 2 aromatic carbocycles. The SMILES string of the molecule is COc1ccc(OC)c(Cn2c3c(c4c(C(N)=O)cccc42)C(=O)CN=C3CC(=O)O)c1. The number of rotatable bonds is 7. The monoisotopic (exact) mass is 435 g/mol. The van der Waals surface area contributed by atoms with Crippen molar-refractivity contribution in [3.05, 3.63) is 58.8 Å². The Morgan fingerprint density at radius 1 is 1.19 bits per heavy atom. The molecule has 1 aliphatic rings. The molecular weight excluding hydrogens is 414 g/mol. The number of ether oxygens (including phenoxy) is 2. The normalized spacial score (nSPS) is 12.9. The van der Waals surface area contributed by atoms with Crippen LogP contribution in [0.1, 0.15) is 38.4 Å². The van der Waals surface area contributed by atoms with Gasteiger partial charge >= 0.3 is 5.97 Å². The van der Waals surface area contributed by atoms with E-state index in [4.69, 9.17) is 15.2 Å². The highest BCUT2D eigenvalue weighted by Crippen LogP contribution is 2.35. The molecule has 1 aliphatic heterocycles. The number of carboxylic acid groups (broad SMARTS) is 1. The van der Waals surface area contributed by atoms with Crippen molar-refractivity contribution < 1.29 is 29.0 Å². The summed E-state index contributed by atoms with van der Waals surface area (Å²) in [4.78, 5) is 40.8. The molecule has 1 amide bonds. The molecule has 0 spiro atoms. The summed E-state index contributed by atoms with van der Waals surface area (Å²) in [7, 11) is 3.09. The third-order valence-electron chi connectivity index (χ3n) is 5.46. The van der Waals surface area contributed by atoms with Crippen LogP contribution in [0, 0.1) is 0 Å². The van der Waals surface area contributed by atoms with Crippen molar-refractivity contribution in [2.75, 3.05) is 20.8 Å². The summed E-state index contributed by atoms with van der Waals surface area (Å²) in [5.41, 5.74) is 8.01. The predicted octanol–water partition coefficient (Wildman–Crippen LogP) is 2.27. The molecule has 3 N–H and O–H groups in total. The van der Waals surface area contributed by atoms with Gasteiger partial charge in [0.15, 0.2) is 5.78 Å². The molecule has 0 fully saturated rings. The molecule has 9 nitrogen and oxygen atoms in total. The third kappa shape index (κ3) is 3.47. The van der Waals surface area contributed by atoms with E-state index < -0.39 is 11.9 Å². The summed E-state index contributed by atoms with van der Waals surface area (Å²) in [6, 6.07) is 10.3. The molecule has 1 aromatic heterocycles. The Morgan fingerprint density at radius 3 is 2.62 bits per heavy atom. The summed E-state index contributed by atoms with van der Waals surface area (Å²) in [5.74, 6) is -0.852. The van der Waals surface area contributed by atoms with E-state index in [0.717, 1.165) is 5.56 Å². The zero-order valence-corrected chi connectivity index (χ0v) is 17.5. The molecule has 0 saturated carbocycles. The average molecular weight is 435 g/mol. The van der Waals surface area contributed by atoms with Gasteiger partial charge in [0.2, 0.25) is 5.91 Å². The lowest BCUT2D eigenvalue weighted by molar-refractivity contribution is -0.135. The number of carboxylic acids is 1. The van der Waals surface area contributed by atoms with E-state index >= 15 is 0 Å². The van der Waals surface area contributed by atoms with Crippen LogP contribution in [0.3, 0.4) is 0 Å². The molecule has 3 aromatic rings. The number of carbonyl (C=O) groups excluding carboxylic acids is 2. The van der Waals surface area contributed by atoms with Crippen LogP contribution in [-0.2, 0) is 11.3 Å². The maximum Gasteiger partial charge on any atom is 0.309 e. The van der Waals surface area contributed by atoms with Gasteiger partial charge in [-0.05, 0) is 30.3 Å². The maximum atomic E-state index is 12.9. The summed E-state index contributed by atoms with van der Waals surface area (Å²) >= 11 is 0. The van der Waals surface area contributed by atoms with Crippen LogP contribution in [0.2, 0.25) is 0 Å². The topological polar surface area (TPSA) is 133 Å². The van der Waals surface area contributed by atoms with E-state index in [1.165, 1.54) is 0 Å². The lowest BCUT2D eigenvalue weighted by Crippen LogP contribution is -2.24. The van der Waals surface area contributed by atoms with Crippen molar-refractivity contribution in [3.8, 4) is 11.5 Å². The number of carbonyl (C=O) groups is 3. The first kappa shape index (κ1) is 21.1. The standard InChI is InChI=1S/C23H21N3O6/c1-31-13-6-7-18(32-2)12(8-13)11-26-16-5-3-4-14(23(24)30)20(16)21-17(27)10-25-15(22(21)26)9-19(28)29/h3-8H,9-11H2,1-2H3,(H2,24,30)(H,28,29). The number of nitrogens with two attached hydrogens (primary N) is 1. The number of Topliss-reactive ketones (excluding diaryl/α,β-unsaturated/α-hetero) is 1. The number of hydrogen-bond acceptors (Lipinski definition) is 6. The van der Waals surface area contributed by atoms with Crippen LogP contribution in [0.25, 0.3) is 10.9 Å². The fraction of sp³-hybridized carbons (Fsp3) is 0.217. The first-order valence-electron chi connectivity index (χ1n) is 9.80. The highest BCUT2D eigenvalue weighted by molar-refractivity contribution is 6.26. The van der Waals surface area contributed by atoms with Gasteiger partial charge in [0.1, 0.15) is 18.0 Å². The summed E-state index contributed by atoms with van der Waals surface area (Å²) in [6.45, 7) is 0.0324. The molecule has 32 heavy (non-hydrogen) atoms. The van der Waals surface area contributed by atoms with E-state index in [-0.39, 0.29) is 42.1 Å². The van der Waals surface area contributed by atoms with Crippen molar-refractivity contribution in [2.45, 2.75) is 13.0 Å². The second kappa shape index (κ2) is 8.18. The van der Waals surface area contributed by atoms with Gasteiger partial charge in [-0.25, -0.2) is 0 Å². The van der Waals surface area contributed by atoms with Crippen LogP contribution in [0.15, 0.2) is 41.4 Å². The highest BCUT2D eigenvalue weighted by atomic mass is 16.5. The molecule has 0 atom stereocenters. The van der Waals surface area contributed by atoms with E-state index in [1.54, 1.807) is 55.2 Å². The van der Waals surface area contributed by atoms with Gasteiger partial charge in [-0.1, -0.05) is 6.07 Å². The van der Waals surface area contributed by atoms with Gasteiger partial charge in [-0.15, -0.1) is 0 Å². The summed E-state index contributed by atoms with van der Waals surface area (Å²) < 4.78 is 12.6. The van der Waals surface area contributed by atoms with Crippen LogP contribution >= 0.6 is 0 Å².